The Hall–Kier alpha value is -0.680. The van der Waals surface area contributed by atoms with Crippen LogP contribution >= 0.6 is 7.82 Å². The Labute approximate surface area is 165 Å². The molecule has 0 spiro atoms. The quantitative estimate of drug-likeness (QED) is 0.155. The lowest BCUT2D eigenvalue weighted by molar-refractivity contribution is -0.121. The molecule has 0 radical (unpaired) electrons. The molecule has 0 saturated heterocycles. The molecule has 1 amide bonds. The van der Waals surface area contributed by atoms with E-state index in [2.05, 4.69) is 28.9 Å². The third-order valence-corrected chi connectivity index (χ3v) is 4.87. The average molecular weight is 406 g/mol. The summed E-state index contributed by atoms with van der Waals surface area (Å²) in [6, 6.07) is 0. The van der Waals surface area contributed by atoms with Gasteiger partial charge in [0.1, 0.15) is 0 Å². The van der Waals surface area contributed by atoms with E-state index in [9.17, 15) is 9.36 Å². The predicted octanol–water partition coefficient (Wildman–Crippen LogP) is 5.25. The van der Waals surface area contributed by atoms with Gasteiger partial charge in [0.05, 0.1) is 6.61 Å². The van der Waals surface area contributed by atoms with Gasteiger partial charge in [0, 0.05) is 13.0 Å². The standard InChI is InChI=1S/C20H40NO5P/c1-2-3-4-5-6-7-8-9-10-11-12-13-14-15-16-17-20(22)21-18-19-26-27(23,24)25/h9-10H,2-8,11-19H2,1H3,(H,21,22)(H2,23,24,25)/b10-9-. The summed E-state index contributed by atoms with van der Waals surface area (Å²) in [6.45, 7) is 2.19. The minimum absolute atomic E-state index is 0.0954. The van der Waals surface area contributed by atoms with Crippen LogP contribution in [0.15, 0.2) is 12.2 Å². The van der Waals surface area contributed by atoms with Gasteiger partial charge < -0.3 is 15.1 Å². The lowest BCUT2D eigenvalue weighted by Crippen LogP contribution is -2.26. The largest absolute Gasteiger partial charge is 0.469 e. The number of carbonyl (C=O) groups is 1. The van der Waals surface area contributed by atoms with Crippen LogP contribution in [0.2, 0.25) is 0 Å². The van der Waals surface area contributed by atoms with Crippen molar-refractivity contribution in [1.82, 2.24) is 5.32 Å². The molecule has 0 atom stereocenters. The Morgan fingerprint density at radius 1 is 0.889 bits per heavy atom. The van der Waals surface area contributed by atoms with Crippen LogP contribution in [0.4, 0.5) is 0 Å². The van der Waals surface area contributed by atoms with Gasteiger partial charge in [0.2, 0.25) is 5.91 Å². The molecule has 0 bridgehead atoms. The first-order valence-electron chi connectivity index (χ1n) is 10.6. The van der Waals surface area contributed by atoms with Gasteiger partial charge in [-0.1, -0.05) is 70.4 Å². The number of phosphoric acid groups is 1. The first-order chi connectivity index (χ1) is 13.0. The van der Waals surface area contributed by atoms with E-state index in [-0.39, 0.29) is 19.1 Å². The van der Waals surface area contributed by atoms with Crippen LogP contribution in [-0.2, 0) is 13.9 Å². The Bertz CT molecular complexity index is 423. The molecule has 0 aromatic heterocycles. The van der Waals surface area contributed by atoms with Gasteiger partial charge in [-0.15, -0.1) is 0 Å². The van der Waals surface area contributed by atoms with Crippen molar-refractivity contribution in [3.05, 3.63) is 12.2 Å². The highest BCUT2D eigenvalue weighted by atomic mass is 31.2. The van der Waals surface area contributed by atoms with E-state index in [1.165, 1.54) is 57.8 Å². The predicted molar refractivity (Wildman–Crippen MR) is 110 cm³/mol. The van der Waals surface area contributed by atoms with Gasteiger partial charge >= 0.3 is 7.82 Å². The zero-order valence-electron chi connectivity index (χ0n) is 17.0. The van der Waals surface area contributed by atoms with E-state index in [4.69, 9.17) is 9.79 Å². The molecular formula is C20H40NO5P. The van der Waals surface area contributed by atoms with Gasteiger partial charge in [-0.3, -0.25) is 9.32 Å². The van der Waals surface area contributed by atoms with Gasteiger partial charge in [-0.05, 0) is 32.1 Å². The molecule has 27 heavy (non-hydrogen) atoms. The average Bonchev–Trinajstić information content (AvgIpc) is 2.61. The lowest BCUT2D eigenvalue weighted by Gasteiger charge is -2.07. The molecule has 6 nitrogen and oxygen atoms in total. The van der Waals surface area contributed by atoms with Crippen LogP contribution in [-0.4, -0.2) is 28.8 Å². The molecule has 0 unspecified atom stereocenters. The topological polar surface area (TPSA) is 95.9 Å². The van der Waals surface area contributed by atoms with E-state index in [1.54, 1.807) is 0 Å². The van der Waals surface area contributed by atoms with Crippen LogP contribution in [0.1, 0.15) is 96.8 Å². The highest BCUT2D eigenvalue weighted by Crippen LogP contribution is 2.35. The summed E-state index contributed by atoms with van der Waals surface area (Å²) in [7, 11) is -4.44. The van der Waals surface area contributed by atoms with Crippen molar-refractivity contribution in [1.29, 1.82) is 0 Å². The molecule has 160 valence electrons. The van der Waals surface area contributed by atoms with E-state index >= 15 is 0 Å². The summed E-state index contributed by atoms with van der Waals surface area (Å²) in [5, 5.41) is 2.59. The van der Waals surface area contributed by atoms with Crippen molar-refractivity contribution in [2.75, 3.05) is 13.2 Å². The van der Waals surface area contributed by atoms with Crippen LogP contribution in [0.25, 0.3) is 0 Å². The summed E-state index contributed by atoms with van der Waals surface area (Å²) in [5.41, 5.74) is 0. The SMILES string of the molecule is CCCCCCCC/C=C\CCCCCCCC(=O)NCCOP(=O)(O)O. The van der Waals surface area contributed by atoms with Gasteiger partial charge in [-0.25, -0.2) is 4.57 Å². The smallest absolute Gasteiger partial charge is 0.354 e. The van der Waals surface area contributed by atoms with Gasteiger partial charge in [0.25, 0.3) is 0 Å². The van der Waals surface area contributed by atoms with Crippen molar-refractivity contribution < 1.29 is 23.7 Å². The van der Waals surface area contributed by atoms with Crippen molar-refractivity contribution >= 4 is 13.7 Å². The molecule has 0 rings (SSSR count). The molecule has 0 saturated carbocycles. The third-order valence-electron chi connectivity index (χ3n) is 4.35. The summed E-state index contributed by atoms with van der Waals surface area (Å²) in [5.74, 6) is -0.0954. The van der Waals surface area contributed by atoms with Crippen molar-refractivity contribution in [2.45, 2.75) is 96.8 Å². The number of hydrogen-bond donors (Lipinski definition) is 3. The Morgan fingerprint density at radius 2 is 1.41 bits per heavy atom. The van der Waals surface area contributed by atoms with Crippen molar-refractivity contribution in [3.8, 4) is 0 Å². The Balaban J connectivity index is 3.27. The van der Waals surface area contributed by atoms with Crippen molar-refractivity contribution in [3.63, 3.8) is 0 Å². The minimum Gasteiger partial charge on any atom is -0.354 e. The van der Waals surface area contributed by atoms with Crippen LogP contribution in [0.5, 0.6) is 0 Å². The molecule has 3 N–H and O–H groups in total. The zero-order valence-corrected chi connectivity index (χ0v) is 17.9. The molecule has 0 fully saturated rings. The van der Waals surface area contributed by atoms with Gasteiger partial charge in [0.15, 0.2) is 0 Å². The molecular weight excluding hydrogens is 365 g/mol. The molecule has 0 aliphatic heterocycles. The fraction of sp³-hybridized carbons (Fsp3) is 0.850. The summed E-state index contributed by atoms with van der Waals surface area (Å²) < 4.78 is 14.7. The van der Waals surface area contributed by atoms with Crippen LogP contribution in [0, 0.1) is 0 Å². The van der Waals surface area contributed by atoms with Crippen molar-refractivity contribution in [2.24, 2.45) is 0 Å². The lowest BCUT2D eigenvalue weighted by atomic mass is 10.1. The molecule has 7 heteroatoms. The maximum atomic E-state index is 11.5. The highest BCUT2D eigenvalue weighted by molar-refractivity contribution is 7.46. The number of amides is 1. The molecule has 0 aliphatic carbocycles. The zero-order chi connectivity index (χ0) is 20.2. The number of hydrogen-bond acceptors (Lipinski definition) is 3. The fourth-order valence-electron chi connectivity index (χ4n) is 2.80. The molecule has 0 heterocycles. The Morgan fingerprint density at radius 3 is 1.96 bits per heavy atom. The summed E-state index contributed by atoms with van der Waals surface area (Å²) >= 11 is 0. The second kappa shape index (κ2) is 18.7. The van der Waals surface area contributed by atoms with E-state index in [0.29, 0.717) is 6.42 Å². The van der Waals surface area contributed by atoms with Crippen LogP contribution in [0.3, 0.4) is 0 Å². The highest BCUT2D eigenvalue weighted by Gasteiger charge is 2.12. The fourth-order valence-corrected chi connectivity index (χ4v) is 3.13. The number of nitrogens with one attached hydrogen (secondary N) is 1. The van der Waals surface area contributed by atoms with E-state index in [1.807, 2.05) is 0 Å². The number of phosphoric ester groups is 1. The molecule has 0 aliphatic rings. The minimum atomic E-state index is -4.44. The number of rotatable bonds is 19. The Kier molecular flexibility index (Phi) is 18.2. The number of allylic oxidation sites excluding steroid dienone is 2. The monoisotopic (exact) mass is 405 g/mol. The third kappa shape index (κ3) is 23.3. The van der Waals surface area contributed by atoms with Gasteiger partial charge in [-0.2, -0.15) is 0 Å². The molecule has 0 aromatic rings. The van der Waals surface area contributed by atoms with Crippen LogP contribution < -0.4 is 5.32 Å². The number of carbonyl (C=O) groups excluding carboxylic acids is 1. The normalized spacial score (nSPS) is 12.0. The summed E-state index contributed by atoms with van der Waals surface area (Å²) in [6.07, 6.45) is 21.0. The first kappa shape index (κ1) is 26.3. The maximum Gasteiger partial charge on any atom is 0.469 e. The van der Waals surface area contributed by atoms with E-state index < -0.39 is 7.82 Å². The second-order valence-corrected chi connectivity index (χ2v) is 8.25. The second-order valence-electron chi connectivity index (χ2n) is 7.01. The first-order valence-corrected chi connectivity index (χ1v) is 12.1. The molecule has 0 aromatic carbocycles. The number of unbranched alkanes of at least 4 members (excludes halogenated alkanes) is 11. The summed E-state index contributed by atoms with van der Waals surface area (Å²) in [4.78, 5) is 28.5. The van der Waals surface area contributed by atoms with E-state index in [0.717, 1.165) is 25.7 Å². The maximum absolute atomic E-state index is 11.5.